The summed E-state index contributed by atoms with van der Waals surface area (Å²) in [5, 5.41) is 2.60. The quantitative estimate of drug-likeness (QED) is 0.735. The van der Waals surface area contributed by atoms with Crippen LogP contribution in [0, 0.1) is 26.6 Å². The summed E-state index contributed by atoms with van der Waals surface area (Å²) in [5.41, 5.74) is 3.65. The van der Waals surface area contributed by atoms with E-state index in [4.69, 9.17) is 4.74 Å². The summed E-state index contributed by atoms with van der Waals surface area (Å²) in [6.45, 7) is 5.27. The zero-order valence-corrected chi connectivity index (χ0v) is 15.4. The van der Waals surface area contributed by atoms with Gasteiger partial charge in [0.15, 0.2) is 12.4 Å². The number of carbonyl (C=O) groups is 1. The number of aromatic nitrogens is 2. The second-order valence-electron chi connectivity index (χ2n) is 6.34. The van der Waals surface area contributed by atoms with Crippen molar-refractivity contribution in [3.63, 3.8) is 0 Å². The van der Waals surface area contributed by atoms with Crippen molar-refractivity contribution in [3.8, 4) is 17.3 Å². The topological polar surface area (TPSA) is 64.1 Å². The summed E-state index contributed by atoms with van der Waals surface area (Å²) in [7, 11) is 0. The molecule has 0 unspecified atom stereocenters. The molecule has 0 aliphatic heterocycles. The van der Waals surface area contributed by atoms with Gasteiger partial charge in [0.2, 0.25) is 5.88 Å². The second kappa shape index (κ2) is 7.95. The van der Waals surface area contributed by atoms with Crippen molar-refractivity contribution in [1.29, 1.82) is 0 Å². The Hall–Kier alpha value is -3.28. The third-order valence-corrected chi connectivity index (χ3v) is 3.95. The molecule has 0 fully saturated rings. The Balaban J connectivity index is 1.67. The molecule has 1 N–H and O–H groups in total. The van der Waals surface area contributed by atoms with Gasteiger partial charge in [-0.05, 0) is 38.5 Å². The van der Waals surface area contributed by atoms with E-state index in [1.807, 2.05) is 38.1 Å². The Labute approximate surface area is 157 Å². The number of hydrogen-bond acceptors (Lipinski definition) is 4. The van der Waals surface area contributed by atoms with Crippen LogP contribution in [0.15, 0.2) is 48.5 Å². The maximum absolute atomic E-state index is 13.6. The molecule has 0 saturated carbocycles. The first-order chi connectivity index (χ1) is 12.9. The molecule has 0 spiro atoms. The number of nitrogens with zero attached hydrogens (tertiary/aromatic N) is 2. The highest BCUT2D eigenvalue weighted by atomic mass is 19.1. The number of benzene rings is 2. The lowest BCUT2D eigenvalue weighted by Crippen LogP contribution is -2.20. The first-order valence-electron chi connectivity index (χ1n) is 8.52. The van der Waals surface area contributed by atoms with Gasteiger partial charge < -0.3 is 10.1 Å². The summed E-state index contributed by atoms with van der Waals surface area (Å²) >= 11 is 0. The molecule has 3 aromatic rings. The van der Waals surface area contributed by atoms with Crippen molar-refractivity contribution in [3.05, 3.63) is 71.2 Å². The van der Waals surface area contributed by atoms with Crippen molar-refractivity contribution in [2.24, 2.45) is 0 Å². The van der Waals surface area contributed by atoms with Crippen LogP contribution < -0.4 is 10.1 Å². The van der Waals surface area contributed by atoms with E-state index in [9.17, 15) is 9.18 Å². The number of hydrogen-bond donors (Lipinski definition) is 1. The van der Waals surface area contributed by atoms with E-state index < -0.39 is 5.91 Å². The zero-order chi connectivity index (χ0) is 19.4. The van der Waals surface area contributed by atoms with Gasteiger partial charge in [-0.15, -0.1) is 0 Å². The smallest absolute Gasteiger partial charge is 0.262 e. The molecule has 1 heterocycles. The minimum atomic E-state index is -0.397. The highest BCUT2D eigenvalue weighted by Gasteiger charge is 2.09. The van der Waals surface area contributed by atoms with Crippen LogP contribution in [0.2, 0.25) is 0 Å². The van der Waals surface area contributed by atoms with E-state index >= 15 is 0 Å². The largest absolute Gasteiger partial charge is 0.467 e. The average Bonchev–Trinajstić information content (AvgIpc) is 2.63. The molecule has 1 amide bonds. The number of ether oxygens (including phenoxy) is 1. The molecule has 0 bridgehead atoms. The average molecular weight is 365 g/mol. The van der Waals surface area contributed by atoms with Crippen LogP contribution >= 0.6 is 0 Å². The Morgan fingerprint density at radius 2 is 1.78 bits per heavy atom. The number of aryl methyl sites for hydroxylation is 3. The lowest BCUT2D eigenvalue weighted by Gasteiger charge is -2.09. The fourth-order valence-electron chi connectivity index (χ4n) is 2.45. The third-order valence-electron chi connectivity index (χ3n) is 3.95. The molecular formula is C21H20FN3O2. The normalized spacial score (nSPS) is 10.5. The fourth-order valence-corrected chi connectivity index (χ4v) is 2.45. The van der Waals surface area contributed by atoms with Gasteiger partial charge in [-0.1, -0.05) is 35.9 Å². The third kappa shape index (κ3) is 4.88. The molecular weight excluding hydrogens is 345 g/mol. The first-order valence-corrected chi connectivity index (χ1v) is 8.52. The number of rotatable bonds is 5. The first kappa shape index (κ1) is 18.5. The van der Waals surface area contributed by atoms with Gasteiger partial charge in [0.1, 0.15) is 5.82 Å². The minimum absolute atomic E-state index is 0.237. The Bertz CT molecular complexity index is 972. The predicted molar refractivity (Wildman–Crippen MR) is 102 cm³/mol. The van der Waals surface area contributed by atoms with Crippen LogP contribution in [0.1, 0.15) is 16.8 Å². The SMILES string of the molecule is Cc1ccc(-c2nc(C)cc(OCC(=O)Nc3ccc(C)c(F)c3)n2)cc1. The van der Waals surface area contributed by atoms with Crippen LogP contribution in [-0.4, -0.2) is 22.5 Å². The molecule has 3 rings (SSSR count). The van der Waals surface area contributed by atoms with Gasteiger partial charge in [-0.25, -0.2) is 9.37 Å². The Kier molecular flexibility index (Phi) is 5.45. The highest BCUT2D eigenvalue weighted by Crippen LogP contribution is 2.20. The molecule has 1 aromatic heterocycles. The molecule has 5 nitrogen and oxygen atoms in total. The standard InChI is InChI=1S/C21H20FN3O2/c1-13-4-7-16(8-5-13)21-23-15(3)10-20(25-21)27-12-19(26)24-17-9-6-14(2)18(22)11-17/h4-11H,12H2,1-3H3,(H,24,26). The maximum atomic E-state index is 13.6. The van der Waals surface area contributed by atoms with Gasteiger partial charge in [-0.2, -0.15) is 4.98 Å². The summed E-state index contributed by atoms with van der Waals surface area (Å²) < 4.78 is 19.1. The van der Waals surface area contributed by atoms with E-state index in [2.05, 4.69) is 15.3 Å². The van der Waals surface area contributed by atoms with Crippen LogP contribution in [0.25, 0.3) is 11.4 Å². The Morgan fingerprint density at radius 3 is 2.48 bits per heavy atom. The molecule has 0 aliphatic rings. The lowest BCUT2D eigenvalue weighted by atomic mass is 10.1. The van der Waals surface area contributed by atoms with Crippen LogP contribution in [0.3, 0.4) is 0 Å². The number of amides is 1. The van der Waals surface area contributed by atoms with Gasteiger partial charge in [0.05, 0.1) is 0 Å². The Morgan fingerprint density at radius 1 is 1.04 bits per heavy atom. The number of halogens is 1. The predicted octanol–water partition coefficient (Wildman–Crippen LogP) is 4.23. The molecule has 0 radical (unpaired) electrons. The number of anilines is 1. The second-order valence-corrected chi connectivity index (χ2v) is 6.34. The van der Waals surface area contributed by atoms with E-state index in [1.165, 1.54) is 6.07 Å². The molecule has 2 aromatic carbocycles. The molecule has 138 valence electrons. The van der Waals surface area contributed by atoms with E-state index in [0.29, 0.717) is 23.0 Å². The number of nitrogens with one attached hydrogen (secondary N) is 1. The highest BCUT2D eigenvalue weighted by molar-refractivity contribution is 5.91. The van der Waals surface area contributed by atoms with Crippen LogP contribution in [-0.2, 0) is 4.79 Å². The van der Waals surface area contributed by atoms with Gasteiger partial charge >= 0.3 is 0 Å². The fraction of sp³-hybridized carbons (Fsp3) is 0.190. The minimum Gasteiger partial charge on any atom is -0.467 e. The van der Waals surface area contributed by atoms with Crippen molar-refractivity contribution >= 4 is 11.6 Å². The summed E-state index contributed by atoms with van der Waals surface area (Å²) in [6, 6.07) is 14.0. The molecule has 27 heavy (non-hydrogen) atoms. The molecule has 0 aliphatic carbocycles. The van der Waals surface area contributed by atoms with E-state index in [0.717, 1.165) is 16.8 Å². The number of carbonyl (C=O) groups excluding carboxylic acids is 1. The lowest BCUT2D eigenvalue weighted by molar-refractivity contribution is -0.118. The van der Waals surface area contributed by atoms with Crippen molar-refractivity contribution in [1.82, 2.24) is 9.97 Å². The molecule has 0 saturated heterocycles. The van der Waals surface area contributed by atoms with Gasteiger partial charge in [-0.3, -0.25) is 4.79 Å². The van der Waals surface area contributed by atoms with Gasteiger partial charge in [0.25, 0.3) is 5.91 Å². The van der Waals surface area contributed by atoms with Crippen LogP contribution in [0.5, 0.6) is 5.88 Å². The van der Waals surface area contributed by atoms with Gasteiger partial charge in [0, 0.05) is 23.0 Å². The molecule has 6 heteroatoms. The summed E-state index contributed by atoms with van der Waals surface area (Å²) in [6.07, 6.45) is 0. The van der Waals surface area contributed by atoms with Crippen molar-refractivity contribution in [2.45, 2.75) is 20.8 Å². The molecule has 0 atom stereocenters. The maximum Gasteiger partial charge on any atom is 0.262 e. The summed E-state index contributed by atoms with van der Waals surface area (Å²) in [5.74, 6) is 0.0728. The zero-order valence-electron chi connectivity index (χ0n) is 15.4. The monoisotopic (exact) mass is 365 g/mol. The van der Waals surface area contributed by atoms with E-state index in [1.54, 1.807) is 25.1 Å². The summed E-state index contributed by atoms with van der Waals surface area (Å²) in [4.78, 5) is 20.8. The van der Waals surface area contributed by atoms with E-state index in [-0.39, 0.29) is 12.4 Å². The van der Waals surface area contributed by atoms with Crippen LogP contribution in [0.4, 0.5) is 10.1 Å². The van der Waals surface area contributed by atoms with Crippen molar-refractivity contribution in [2.75, 3.05) is 11.9 Å². The van der Waals surface area contributed by atoms with Crippen molar-refractivity contribution < 1.29 is 13.9 Å².